The Morgan fingerprint density at radius 3 is 0.944 bits per heavy atom. The zero-order chi connectivity index (χ0) is 11.9. The average molecular weight is 231 g/mol. The van der Waals surface area contributed by atoms with Gasteiger partial charge in [0.25, 0.3) is 0 Å². The van der Waals surface area contributed by atoms with Gasteiger partial charge in [0, 0.05) is 35.3 Å². The predicted molar refractivity (Wildman–Crippen MR) is 73.5 cm³/mol. The zero-order valence-electron chi connectivity index (χ0n) is 9.54. The summed E-state index contributed by atoms with van der Waals surface area (Å²) in [4.78, 5) is 12.7. The van der Waals surface area contributed by atoms with Crippen LogP contribution in [0.15, 0.2) is 70.0 Å². The zero-order valence-corrected chi connectivity index (χ0v) is 9.54. The lowest BCUT2D eigenvalue weighted by Gasteiger charge is -2.15. The number of allylic oxidation sites excluding steroid dienone is 3. The summed E-state index contributed by atoms with van der Waals surface area (Å²) in [5, 5.41) is 0. The van der Waals surface area contributed by atoms with Gasteiger partial charge in [-0.2, -0.15) is 0 Å². The third kappa shape index (κ3) is 1.34. The van der Waals surface area contributed by atoms with Crippen molar-refractivity contribution in [2.45, 2.75) is 0 Å². The van der Waals surface area contributed by atoms with Gasteiger partial charge in [-0.3, -0.25) is 15.0 Å². The molecule has 0 amide bonds. The van der Waals surface area contributed by atoms with E-state index in [4.69, 9.17) is 0 Å². The molecule has 3 heterocycles. The molecule has 0 saturated carbocycles. The van der Waals surface area contributed by atoms with E-state index in [1.165, 1.54) is 0 Å². The molecule has 0 aliphatic carbocycles. The molecule has 3 nitrogen and oxygen atoms in total. The fourth-order valence-corrected chi connectivity index (χ4v) is 2.03. The second-order valence-corrected chi connectivity index (χ2v) is 4.29. The minimum atomic E-state index is 1.02. The molecule has 84 valence electrons. The lowest BCUT2D eigenvalue weighted by atomic mass is 9.95. The van der Waals surface area contributed by atoms with Gasteiger partial charge in [0.1, 0.15) is 0 Å². The lowest BCUT2D eigenvalue weighted by Crippen LogP contribution is -2.11. The van der Waals surface area contributed by atoms with E-state index < -0.39 is 0 Å². The summed E-state index contributed by atoms with van der Waals surface area (Å²) in [6.45, 7) is 0. The Balaban J connectivity index is 1.82. The summed E-state index contributed by atoms with van der Waals surface area (Å²) in [6.07, 6.45) is 11.5. The maximum Gasteiger partial charge on any atom is 0.0717 e. The fraction of sp³-hybridized carbons (Fsp3) is 0. The fourth-order valence-electron chi connectivity index (χ4n) is 2.03. The van der Waals surface area contributed by atoms with Crippen molar-refractivity contribution >= 4 is 17.1 Å². The van der Waals surface area contributed by atoms with Crippen molar-refractivity contribution in [1.82, 2.24) is 0 Å². The molecule has 1 aromatic rings. The first-order chi connectivity index (χ1) is 8.90. The summed E-state index contributed by atoms with van der Waals surface area (Å²) >= 11 is 0. The number of nitrogens with zero attached hydrogens (tertiary/aromatic N) is 3. The first kappa shape index (κ1) is 9.48. The van der Waals surface area contributed by atoms with Gasteiger partial charge in [0.15, 0.2) is 0 Å². The molecule has 3 heteroatoms. The molecule has 4 rings (SSSR count). The Bertz CT molecular complexity index is 616. The van der Waals surface area contributed by atoms with Crippen molar-refractivity contribution in [3.8, 4) is 0 Å². The summed E-state index contributed by atoms with van der Waals surface area (Å²) in [6, 6.07) is 6.37. The van der Waals surface area contributed by atoms with E-state index in [-0.39, 0.29) is 0 Å². The molecule has 0 bridgehead atoms. The first-order valence-corrected chi connectivity index (χ1v) is 5.79. The highest BCUT2D eigenvalue weighted by Gasteiger charge is 2.14. The maximum atomic E-state index is 4.25. The molecule has 0 saturated heterocycles. The molecule has 3 aliphatic heterocycles. The van der Waals surface area contributed by atoms with Gasteiger partial charge in [0.05, 0.1) is 17.1 Å². The van der Waals surface area contributed by atoms with Crippen molar-refractivity contribution in [3.05, 3.63) is 71.7 Å². The highest BCUT2D eigenvalue weighted by atomic mass is 14.8. The second-order valence-electron chi connectivity index (χ2n) is 4.29. The summed E-state index contributed by atoms with van der Waals surface area (Å²) in [7, 11) is 0. The third-order valence-corrected chi connectivity index (χ3v) is 3.16. The van der Waals surface area contributed by atoms with E-state index >= 15 is 0 Å². The third-order valence-electron chi connectivity index (χ3n) is 3.16. The van der Waals surface area contributed by atoms with Gasteiger partial charge in [-0.1, -0.05) is 0 Å². The highest BCUT2D eigenvalue weighted by molar-refractivity contribution is 6.19. The largest absolute Gasteiger partial charge is 0.256 e. The molecule has 0 aromatic heterocycles. The van der Waals surface area contributed by atoms with E-state index in [0.29, 0.717) is 0 Å². The molecule has 0 atom stereocenters. The number of aliphatic imine (C=N–C) groups is 3. The SMILES string of the molecule is C1=CC(c2cc(C3=NC=C3)cc(C3=NC=C3)c2)=N1. The molecule has 3 aliphatic rings. The van der Waals surface area contributed by atoms with Crippen molar-refractivity contribution in [2.24, 2.45) is 15.0 Å². The number of hydrogen-bond donors (Lipinski definition) is 0. The van der Waals surface area contributed by atoms with Crippen LogP contribution in [0.5, 0.6) is 0 Å². The van der Waals surface area contributed by atoms with Crippen molar-refractivity contribution in [1.29, 1.82) is 0 Å². The Morgan fingerprint density at radius 1 is 0.500 bits per heavy atom. The lowest BCUT2D eigenvalue weighted by molar-refractivity contribution is 1.42. The van der Waals surface area contributed by atoms with Crippen LogP contribution < -0.4 is 0 Å². The van der Waals surface area contributed by atoms with E-state index in [9.17, 15) is 0 Å². The average Bonchev–Trinajstić information content (AvgIpc) is 2.08. The normalized spacial score (nSPS) is 18.3. The van der Waals surface area contributed by atoms with E-state index in [2.05, 4.69) is 33.2 Å². The molecule has 1 aromatic carbocycles. The highest BCUT2D eigenvalue weighted by Crippen LogP contribution is 2.20. The van der Waals surface area contributed by atoms with Gasteiger partial charge >= 0.3 is 0 Å². The van der Waals surface area contributed by atoms with Crippen LogP contribution in [-0.4, -0.2) is 17.1 Å². The Hall–Kier alpha value is -2.55. The molecular formula is C15H9N3. The van der Waals surface area contributed by atoms with E-state index in [0.717, 1.165) is 33.8 Å². The predicted octanol–water partition coefficient (Wildman–Crippen LogP) is 2.64. The van der Waals surface area contributed by atoms with Gasteiger partial charge in [0.2, 0.25) is 0 Å². The van der Waals surface area contributed by atoms with Crippen LogP contribution in [-0.2, 0) is 0 Å². The Morgan fingerprint density at radius 2 is 0.778 bits per heavy atom. The topological polar surface area (TPSA) is 37.1 Å². The van der Waals surface area contributed by atoms with Crippen molar-refractivity contribution < 1.29 is 0 Å². The number of hydrogen-bond acceptors (Lipinski definition) is 3. The van der Waals surface area contributed by atoms with E-state index in [1.807, 2.05) is 36.8 Å². The molecule has 0 unspecified atom stereocenters. The van der Waals surface area contributed by atoms with Crippen LogP contribution in [0.25, 0.3) is 0 Å². The molecule has 0 N–H and O–H groups in total. The Labute approximate surface area is 104 Å². The summed E-state index contributed by atoms with van der Waals surface area (Å²) in [5.41, 5.74) is 6.42. The maximum absolute atomic E-state index is 4.25. The first-order valence-electron chi connectivity index (χ1n) is 5.79. The minimum absolute atomic E-state index is 1.02. The molecule has 0 fully saturated rings. The van der Waals surface area contributed by atoms with Crippen LogP contribution in [0.4, 0.5) is 0 Å². The monoisotopic (exact) mass is 231 g/mol. The molecule has 0 spiro atoms. The number of rotatable bonds is 3. The minimum Gasteiger partial charge on any atom is -0.256 e. The van der Waals surface area contributed by atoms with Crippen LogP contribution in [0.1, 0.15) is 16.7 Å². The second kappa shape index (κ2) is 3.47. The van der Waals surface area contributed by atoms with Crippen LogP contribution >= 0.6 is 0 Å². The van der Waals surface area contributed by atoms with Crippen LogP contribution in [0, 0.1) is 0 Å². The molecule has 0 radical (unpaired) electrons. The molecular weight excluding hydrogens is 222 g/mol. The quantitative estimate of drug-likeness (QED) is 0.767. The van der Waals surface area contributed by atoms with Gasteiger partial charge in [-0.05, 0) is 36.4 Å². The van der Waals surface area contributed by atoms with Crippen molar-refractivity contribution in [2.75, 3.05) is 0 Å². The van der Waals surface area contributed by atoms with Gasteiger partial charge in [-0.15, -0.1) is 0 Å². The summed E-state index contributed by atoms with van der Waals surface area (Å²) in [5.74, 6) is 0. The van der Waals surface area contributed by atoms with Crippen LogP contribution in [0.2, 0.25) is 0 Å². The van der Waals surface area contributed by atoms with Gasteiger partial charge in [-0.25, -0.2) is 0 Å². The standard InChI is InChI=1S/C15H9N3/c1-4-16-13(1)10-7-11(14-2-5-17-14)9-12(8-10)15-3-6-18-15/h1-9H. The number of benzene rings is 1. The smallest absolute Gasteiger partial charge is 0.0717 e. The van der Waals surface area contributed by atoms with Crippen molar-refractivity contribution in [3.63, 3.8) is 0 Å². The summed E-state index contributed by atoms with van der Waals surface area (Å²) < 4.78 is 0. The molecule has 18 heavy (non-hydrogen) atoms. The van der Waals surface area contributed by atoms with Gasteiger partial charge < -0.3 is 0 Å². The van der Waals surface area contributed by atoms with E-state index in [1.54, 1.807) is 0 Å². The Kier molecular flexibility index (Phi) is 1.83. The van der Waals surface area contributed by atoms with Crippen LogP contribution in [0.3, 0.4) is 0 Å².